The average molecular weight is 308 g/mol. The molecule has 0 heterocycles. The largest absolute Gasteiger partial charge is 0.478 e. The number of urea groups is 1. The fourth-order valence-corrected chi connectivity index (χ4v) is 2.18. The number of thioether (sulfide) groups is 1. The molecule has 114 valence electrons. The predicted molar refractivity (Wildman–Crippen MR) is 86.0 cm³/mol. The Morgan fingerprint density at radius 2 is 1.86 bits per heavy atom. The summed E-state index contributed by atoms with van der Waals surface area (Å²) in [6, 6.07) is 6.46. The number of amides is 2. The normalized spacial score (nSPS) is 9.90. The van der Waals surface area contributed by atoms with Crippen molar-refractivity contribution in [3.05, 3.63) is 48.0 Å². The maximum Gasteiger partial charge on any atom is 0.335 e. The van der Waals surface area contributed by atoms with Crippen molar-refractivity contribution in [2.75, 3.05) is 24.6 Å². The van der Waals surface area contributed by atoms with Crippen molar-refractivity contribution in [2.45, 2.75) is 6.42 Å². The van der Waals surface area contributed by atoms with Crippen LogP contribution in [0, 0.1) is 0 Å². The van der Waals surface area contributed by atoms with Gasteiger partial charge in [0.1, 0.15) is 0 Å². The second-order valence-electron chi connectivity index (χ2n) is 4.30. The quantitative estimate of drug-likeness (QED) is 0.482. The third-order valence-corrected chi connectivity index (χ3v) is 3.63. The molecule has 0 saturated carbocycles. The molecule has 1 aromatic carbocycles. The Bertz CT molecular complexity index is 474. The Morgan fingerprint density at radius 3 is 2.48 bits per heavy atom. The Labute approximate surface area is 128 Å². The zero-order valence-corrected chi connectivity index (χ0v) is 12.6. The van der Waals surface area contributed by atoms with Gasteiger partial charge in [-0.3, -0.25) is 0 Å². The molecule has 1 aromatic rings. The maximum atomic E-state index is 11.5. The van der Waals surface area contributed by atoms with Gasteiger partial charge in [0.05, 0.1) is 5.56 Å². The van der Waals surface area contributed by atoms with Crippen LogP contribution in [-0.4, -0.2) is 41.7 Å². The van der Waals surface area contributed by atoms with Crippen molar-refractivity contribution in [1.82, 2.24) is 10.6 Å². The van der Waals surface area contributed by atoms with E-state index < -0.39 is 5.97 Å². The highest BCUT2D eigenvalue weighted by Gasteiger charge is 2.02. The highest BCUT2D eigenvalue weighted by molar-refractivity contribution is 7.99. The lowest BCUT2D eigenvalue weighted by Gasteiger charge is -2.07. The van der Waals surface area contributed by atoms with Gasteiger partial charge in [-0.25, -0.2) is 9.59 Å². The molecule has 6 heteroatoms. The zero-order chi connectivity index (χ0) is 15.5. The summed E-state index contributed by atoms with van der Waals surface area (Å²) in [5.41, 5.74) is 1.25. The Balaban J connectivity index is 2.16. The molecule has 0 aliphatic rings. The molecule has 3 N–H and O–H groups in total. The molecule has 1 rings (SSSR count). The van der Waals surface area contributed by atoms with Crippen molar-refractivity contribution >= 4 is 23.8 Å². The number of carboxylic acids is 1. The van der Waals surface area contributed by atoms with Crippen LogP contribution in [0.5, 0.6) is 0 Å². The molecule has 0 atom stereocenters. The Hall–Kier alpha value is -1.95. The van der Waals surface area contributed by atoms with Crippen molar-refractivity contribution in [1.29, 1.82) is 0 Å². The van der Waals surface area contributed by atoms with Crippen molar-refractivity contribution in [3.8, 4) is 0 Å². The van der Waals surface area contributed by atoms with Crippen LogP contribution in [0.2, 0.25) is 0 Å². The van der Waals surface area contributed by atoms with Crippen molar-refractivity contribution in [2.24, 2.45) is 0 Å². The molecule has 0 fully saturated rings. The highest BCUT2D eigenvalue weighted by atomic mass is 32.2. The number of hydrogen-bond acceptors (Lipinski definition) is 3. The van der Waals surface area contributed by atoms with Crippen LogP contribution in [0.1, 0.15) is 15.9 Å². The number of benzene rings is 1. The summed E-state index contributed by atoms with van der Waals surface area (Å²) < 4.78 is 0. The summed E-state index contributed by atoms with van der Waals surface area (Å²) >= 11 is 1.71. The minimum absolute atomic E-state index is 0.184. The molecule has 0 bridgehead atoms. The SMILES string of the molecule is C=CCSCCNC(=O)NCCc1ccc(C(=O)O)cc1. The van der Waals surface area contributed by atoms with Gasteiger partial charge in [-0.15, -0.1) is 6.58 Å². The van der Waals surface area contributed by atoms with Gasteiger partial charge in [-0.1, -0.05) is 18.2 Å². The Morgan fingerprint density at radius 1 is 1.19 bits per heavy atom. The molecule has 0 aliphatic carbocycles. The van der Waals surface area contributed by atoms with Gasteiger partial charge >= 0.3 is 12.0 Å². The van der Waals surface area contributed by atoms with E-state index in [1.807, 2.05) is 6.08 Å². The van der Waals surface area contributed by atoms with E-state index in [1.165, 1.54) is 0 Å². The highest BCUT2D eigenvalue weighted by Crippen LogP contribution is 2.04. The van der Waals surface area contributed by atoms with Gasteiger partial charge in [0, 0.05) is 24.6 Å². The average Bonchev–Trinajstić information content (AvgIpc) is 2.47. The first-order valence-electron chi connectivity index (χ1n) is 6.66. The second-order valence-corrected chi connectivity index (χ2v) is 5.45. The summed E-state index contributed by atoms with van der Waals surface area (Å²) in [5, 5.41) is 14.3. The number of nitrogens with one attached hydrogen (secondary N) is 2. The maximum absolute atomic E-state index is 11.5. The smallest absolute Gasteiger partial charge is 0.335 e. The van der Waals surface area contributed by atoms with Gasteiger partial charge in [0.25, 0.3) is 0 Å². The predicted octanol–water partition coefficient (Wildman–Crippen LogP) is 2.15. The van der Waals surface area contributed by atoms with Crippen molar-refractivity contribution < 1.29 is 14.7 Å². The summed E-state index contributed by atoms with van der Waals surface area (Å²) in [5.74, 6) is 0.805. The molecule has 0 spiro atoms. The lowest BCUT2D eigenvalue weighted by atomic mass is 10.1. The fraction of sp³-hybridized carbons (Fsp3) is 0.333. The minimum Gasteiger partial charge on any atom is -0.478 e. The van der Waals surface area contributed by atoms with E-state index in [4.69, 9.17) is 5.11 Å². The number of aromatic carboxylic acids is 1. The molecule has 5 nitrogen and oxygen atoms in total. The number of carbonyl (C=O) groups is 2. The molecule has 0 radical (unpaired) electrons. The lowest BCUT2D eigenvalue weighted by molar-refractivity contribution is 0.0697. The van der Waals surface area contributed by atoms with Gasteiger partial charge in [-0.05, 0) is 24.1 Å². The van der Waals surface area contributed by atoms with E-state index in [-0.39, 0.29) is 11.6 Å². The fourth-order valence-electron chi connectivity index (χ4n) is 1.60. The second kappa shape index (κ2) is 9.88. The summed E-state index contributed by atoms with van der Waals surface area (Å²) in [7, 11) is 0. The zero-order valence-electron chi connectivity index (χ0n) is 11.8. The molecule has 0 saturated heterocycles. The third kappa shape index (κ3) is 7.41. The van der Waals surface area contributed by atoms with Crippen LogP contribution in [0.3, 0.4) is 0 Å². The molecule has 0 aliphatic heterocycles. The number of carboxylic acid groups (broad SMARTS) is 1. The van der Waals surface area contributed by atoms with Crippen molar-refractivity contribution in [3.63, 3.8) is 0 Å². The van der Waals surface area contributed by atoms with Crippen LogP contribution >= 0.6 is 11.8 Å². The first-order valence-corrected chi connectivity index (χ1v) is 7.81. The standard InChI is InChI=1S/C15H20N2O3S/c1-2-10-21-11-9-17-15(20)16-8-7-12-3-5-13(6-4-12)14(18)19/h2-6H,1,7-11H2,(H,18,19)(H2,16,17,20). The molecular formula is C15H20N2O3S. The van der Waals surface area contributed by atoms with Crippen LogP contribution < -0.4 is 10.6 Å². The molecule has 2 amide bonds. The van der Waals surface area contributed by atoms with Gasteiger partial charge in [0.15, 0.2) is 0 Å². The van der Waals surface area contributed by atoms with E-state index in [0.717, 1.165) is 17.1 Å². The number of rotatable bonds is 9. The molecular weight excluding hydrogens is 288 g/mol. The monoisotopic (exact) mass is 308 g/mol. The topological polar surface area (TPSA) is 78.4 Å². The number of hydrogen-bond donors (Lipinski definition) is 3. The lowest BCUT2D eigenvalue weighted by Crippen LogP contribution is -2.37. The van der Waals surface area contributed by atoms with E-state index in [1.54, 1.807) is 36.0 Å². The van der Waals surface area contributed by atoms with Gasteiger partial charge < -0.3 is 15.7 Å². The Kier molecular flexibility index (Phi) is 8.04. The van der Waals surface area contributed by atoms with Crippen LogP contribution in [-0.2, 0) is 6.42 Å². The third-order valence-electron chi connectivity index (χ3n) is 2.67. The molecule has 21 heavy (non-hydrogen) atoms. The summed E-state index contributed by atoms with van der Waals surface area (Å²) in [6.07, 6.45) is 2.50. The van der Waals surface area contributed by atoms with E-state index in [0.29, 0.717) is 19.5 Å². The van der Waals surface area contributed by atoms with E-state index in [9.17, 15) is 9.59 Å². The van der Waals surface area contributed by atoms with E-state index in [2.05, 4.69) is 17.2 Å². The minimum atomic E-state index is -0.937. The summed E-state index contributed by atoms with van der Waals surface area (Å²) in [6.45, 7) is 4.76. The molecule has 0 unspecified atom stereocenters. The molecule has 0 aromatic heterocycles. The van der Waals surface area contributed by atoms with Crippen LogP contribution in [0.25, 0.3) is 0 Å². The first kappa shape index (κ1) is 17.1. The van der Waals surface area contributed by atoms with Crippen LogP contribution in [0.4, 0.5) is 4.79 Å². The summed E-state index contributed by atoms with van der Waals surface area (Å²) in [4.78, 5) is 22.2. The van der Waals surface area contributed by atoms with Gasteiger partial charge in [0.2, 0.25) is 0 Å². The van der Waals surface area contributed by atoms with Gasteiger partial charge in [-0.2, -0.15) is 11.8 Å². The van der Waals surface area contributed by atoms with E-state index >= 15 is 0 Å². The number of carbonyl (C=O) groups excluding carboxylic acids is 1. The first-order chi connectivity index (χ1) is 10.1. The van der Waals surface area contributed by atoms with Crippen LogP contribution in [0.15, 0.2) is 36.9 Å².